The van der Waals surface area contributed by atoms with Crippen LogP contribution in [-0.4, -0.2) is 29.1 Å². The number of nitrogens with two attached hydrogens (primary N) is 1. The zero-order chi connectivity index (χ0) is 6.69. The van der Waals surface area contributed by atoms with Crippen LogP contribution in [0.25, 0.3) is 0 Å². The molecule has 3 heteroatoms. The van der Waals surface area contributed by atoms with E-state index in [-0.39, 0.29) is 0 Å². The number of rotatable bonds is 0. The predicted octanol–water partition coefficient (Wildman–Crippen LogP) is 0.470. The first-order valence-electron chi connectivity index (χ1n) is 3.26. The van der Waals surface area contributed by atoms with Crippen molar-refractivity contribution in [2.45, 2.75) is 12.8 Å². The van der Waals surface area contributed by atoms with E-state index in [0.717, 1.165) is 18.3 Å². The maximum Gasteiger partial charge on any atom is 0.303 e. The smallest absolute Gasteiger partial charge is 0.281 e. The summed E-state index contributed by atoms with van der Waals surface area (Å²) >= 11 is 1.64. The quantitative estimate of drug-likeness (QED) is 0.396. The van der Waals surface area contributed by atoms with Crippen molar-refractivity contribution < 1.29 is 4.58 Å². The van der Waals surface area contributed by atoms with Gasteiger partial charge in [-0.25, -0.2) is 0 Å². The Hall–Kier alpha value is -0.180. The second-order valence-electron chi connectivity index (χ2n) is 2.24. The molecule has 1 heterocycles. The topological polar surface area (TPSA) is 29.0 Å². The Kier molecular flexibility index (Phi) is 2.39. The van der Waals surface area contributed by atoms with Crippen molar-refractivity contribution in [3.05, 3.63) is 0 Å². The summed E-state index contributed by atoms with van der Waals surface area (Å²) in [6, 6.07) is 0. The Labute approximate surface area is 60.1 Å². The minimum atomic E-state index is 0.979. The van der Waals surface area contributed by atoms with E-state index in [1.807, 2.05) is 6.26 Å². The molecule has 1 rings (SSSR count). The van der Waals surface area contributed by atoms with Crippen molar-refractivity contribution in [3.63, 3.8) is 0 Å². The molecule has 0 spiro atoms. The minimum absolute atomic E-state index is 0.979. The minimum Gasteiger partial charge on any atom is -0.281 e. The van der Waals surface area contributed by atoms with Crippen LogP contribution in [0.1, 0.15) is 12.8 Å². The Morgan fingerprint density at radius 1 is 1.44 bits per heavy atom. The van der Waals surface area contributed by atoms with Crippen LogP contribution in [0.2, 0.25) is 0 Å². The van der Waals surface area contributed by atoms with Crippen LogP contribution in [0.15, 0.2) is 0 Å². The summed E-state index contributed by atoms with van der Waals surface area (Å²) < 4.78 is 2.24. The second-order valence-corrected chi connectivity index (χ2v) is 3.06. The number of amidine groups is 1. The van der Waals surface area contributed by atoms with Crippen LogP contribution in [0, 0.1) is 0 Å². The molecule has 52 valence electrons. The Bertz CT molecular complexity index is 123. The molecule has 0 bridgehead atoms. The zero-order valence-corrected chi connectivity index (χ0v) is 6.58. The molecular weight excluding hydrogens is 132 g/mol. The Morgan fingerprint density at radius 3 is 2.44 bits per heavy atom. The molecule has 2 nitrogen and oxygen atoms in total. The zero-order valence-electron chi connectivity index (χ0n) is 5.76. The fourth-order valence-electron chi connectivity index (χ4n) is 1.07. The monoisotopic (exact) mass is 145 g/mol. The molecule has 0 amide bonds. The first-order valence-corrected chi connectivity index (χ1v) is 4.48. The second kappa shape index (κ2) is 3.11. The highest BCUT2D eigenvalue weighted by Crippen LogP contribution is 2.03. The standard InChI is InChI=1S/C6H12N2S/c1-9-6(7)8-4-2-3-5-8/h7H,2-5H2,1H3/p+1. The van der Waals surface area contributed by atoms with Gasteiger partial charge in [0.1, 0.15) is 0 Å². The Morgan fingerprint density at radius 2 is 2.00 bits per heavy atom. The largest absolute Gasteiger partial charge is 0.303 e. The molecule has 1 fully saturated rings. The molecule has 1 saturated heterocycles. The molecular formula is C6H13N2S+. The van der Waals surface area contributed by atoms with E-state index >= 15 is 0 Å². The molecule has 0 atom stereocenters. The summed E-state index contributed by atoms with van der Waals surface area (Å²) in [5, 5.41) is 0.979. The lowest BCUT2D eigenvalue weighted by molar-refractivity contribution is -0.504. The van der Waals surface area contributed by atoms with E-state index in [0.29, 0.717) is 0 Å². The van der Waals surface area contributed by atoms with Crippen molar-refractivity contribution in [2.24, 2.45) is 5.73 Å². The highest BCUT2D eigenvalue weighted by Gasteiger charge is 2.12. The SMILES string of the molecule is CSC(N)=[N+]1CCCC1. The molecule has 1 aliphatic rings. The van der Waals surface area contributed by atoms with Crippen molar-refractivity contribution in [1.29, 1.82) is 0 Å². The molecule has 1 aliphatic heterocycles. The van der Waals surface area contributed by atoms with Crippen LogP contribution in [0.4, 0.5) is 0 Å². The number of nitrogens with zero attached hydrogens (tertiary/aromatic N) is 1. The lowest BCUT2D eigenvalue weighted by atomic mass is 10.4. The number of hydrogen-bond donors (Lipinski definition) is 1. The van der Waals surface area contributed by atoms with Gasteiger partial charge in [0.2, 0.25) is 0 Å². The van der Waals surface area contributed by atoms with Gasteiger partial charge in [0.25, 0.3) is 0 Å². The third kappa shape index (κ3) is 1.61. The summed E-state index contributed by atoms with van der Waals surface area (Å²) in [5.41, 5.74) is 5.68. The highest BCUT2D eigenvalue weighted by molar-refractivity contribution is 8.12. The molecule has 0 aromatic rings. The maximum absolute atomic E-state index is 5.68. The van der Waals surface area contributed by atoms with Crippen LogP contribution in [0.5, 0.6) is 0 Å². The average molecular weight is 145 g/mol. The van der Waals surface area contributed by atoms with Gasteiger partial charge in [0.05, 0.1) is 13.1 Å². The van der Waals surface area contributed by atoms with Gasteiger partial charge < -0.3 is 0 Å². The molecule has 0 saturated carbocycles. The fourth-order valence-corrected chi connectivity index (χ4v) is 1.51. The van der Waals surface area contributed by atoms with Gasteiger partial charge in [0.15, 0.2) is 0 Å². The third-order valence-electron chi connectivity index (χ3n) is 1.63. The molecule has 0 radical (unpaired) electrons. The van der Waals surface area contributed by atoms with Gasteiger partial charge in [-0.2, -0.15) is 0 Å². The molecule has 2 N–H and O–H groups in total. The molecule has 0 aliphatic carbocycles. The summed E-state index contributed by atoms with van der Waals surface area (Å²) in [6.45, 7) is 2.32. The van der Waals surface area contributed by atoms with E-state index in [9.17, 15) is 0 Å². The van der Waals surface area contributed by atoms with Gasteiger partial charge in [-0.05, 0) is 30.9 Å². The van der Waals surface area contributed by atoms with Gasteiger partial charge in [-0.1, -0.05) is 0 Å². The van der Waals surface area contributed by atoms with Crippen LogP contribution in [0.3, 0.4) is 0 Å². The van der Waals surface area contributed by atoms with Crippen LogP contribution in [-0.2, 0) is 0 Å². The lowest BCUT2D eigenvalue weighted by Gasteiger charge is -1.96. The van der Waals surface area contributed by atoms with Gasteiger partial charge in [0, 0.05) is 0 Å². The third-order valence-corrected chi connectivity index (χ3v) is 2.30. The first-order chi connectivity index (χ1) is 4.34. The van der Waals surface area contributed by atoms with Crippen LogP contribution < -0.4 is 5.73 Å². The molecule has 0 aromatic heterocycles. The van der Waals surface area contributed by atoms with E-state index in [4.69, 9.17) is 5.73 Å². The molecule has 9 heavy (non-hydrogen) atoms. The van der Waals surface area contributed by atoms with Crippen LogP contribution >= 0.6 is 11.8 Å². The van der Waals surface area contributed by atoms with Crippen molar-refractivity contribution >= 4 is 16.9 Å². The predicted molar refractivity (Wildman–Crippen MR) is 41.9 cm³/mol. The number of hydrogen-bond acceptors (Lipinski definition) is 1. The molecule has 0 aromatic carbocycles. The summed E-state index contributed by atoms with van der Waals surface area (Å²) in [7, 11) is 0. The van der Waals surface area contributed by atoms with E-state index in [1.54, 1.807) is 11.8 Å². The number of thioether (sulfide) groups is 1. The summed E-state index contributed by atoms with van der Waals surface area (Å²) in [4.78, 5) is 0. The molecule has 0 unspecified atom stereocenters. The van der Waals surface area contributed by atoms with Crippen molar-refractivity contribution in [2.75, 3.05) is 19.3 Å². The van der Waals surface area contributed by atoms with E-state index < -0.39 is 0 Å². The summed E-state index contributed by atoms with van der Waals surface area (Å²) in [5.74, 6) is 0. The van der Waals surface area contributed by atoms with Gasteiger partial charge >= 0.3 is 5.17 Å². The van der Waals surface area contributed by atoms with Crippen molar-refractivity contribution in [1.82, 2.24) is 0 Å². The average Bonchev–Trinajstić information content (AvgIpc) is 2.37. The lowest BCUT2D eigenvalue weighted by Crippen LogP contribution is -2.22. The first kappa shape index (κ1) is 6.93. The normalized spacial score (nSPS) is 18.6. The summed E-state index contributed by atoms with van der Waals surface area (Å²) in [6.07, 6.45) is 4.64. The fraction of sp³-hybridized carbons (Fsp3) is 0.833. The Balaban J connectivity index is 2.55. The highest BCUT2D eigenvalue weighted by atomic mass is 32.2. The van der Waals surface area contributed by atoms with E-state index in [1.165, 1.54) is 12.8 Å². The van der Waals surface area contributed by atoms with Gasteiger partial charge in [-0.15, -0.1) is 0 Å². The van der Waals surface area contributed by atoms with Gasteiger partial charge in [-0.3, -0.25) is 10.3 Å². The van der Waals surface area contributed by atoms with E-state index in [2.05, 4.69) is 4.58 Å². The van der Waals surface area contributed by atoms with Crippen molar-refractivity contribution in [3.8, 4) is 0 Å². The maximum atomic E-state index is 5.68.